The summed E-state index contributed by atoms with van der Waals surface area (Å²) in [5.74, 6) is -0.491. The third-order valence-electron chi connectivity index (χ3n) is 2.77. The summed E-state index contributed by atoms with van der Waals surface area (Å²) in [5.41, 5.74) is -0.429. The third-order valence-corrected chi connectivity index (χ3v) is 3.71. The molecule has 0 amide bonds. The Hall–Kier alpha value is -2.22. The van der Waals surface area contributed by atoms with E-state index in [1.807, 2.05) is 0 Å². The molecule has 1 aromatic heterocycles. The molecule has 0 fully saturated rings. The molecule has 0 atom stereocenters. The Bertz CT molecular complexity index is 710. The first-order chi connectivity index (χ1) is 10.3. The number of halogens is 3. The van der Waals surface area contributed by atoms with E-state index in [1.54, 1.807) is 5.38 Å². The van der Waals surface area contributed by atoms with E-state index in [0.29, 0.717) is 17.0 Å². The highest BCUT2D eigenvalue weighted by Crippen LogP contribution is 2.34. The van der Waals surface area contributed by atoms with Gasteiger partial charge in [0, 0.05) is 16.5 Å². The van der Waals surface area contributed by atoms with Crippen molar-refractivity contribution in [1.29, 1.82) is 0 Å². The summed E-state index contributed by atoms with van der Waals surface area (Å²) in [7, 11) is 1.23. The minimum atomic E-state index is -4.56. The van der Waals surface area contributed by atoms with Gasteiger partial charge in [-0.2, -0.15) is 13.2 Å². The zero-order valence-corrected chi connectivity index (χ0v) is 12.1. The Morgan fingerprint density at radius 3 is 2.68 bits per heavy atom. The van der Waals surface area contributed by atoms with Crippen molar-refractivity contribution in [3.63, 3.8) is 0 Å². The fraction of sp³-hybridized carbons (Fsp3) is 0.214. The van der Waals surface area contributed by atoms with Gasteiger partial charge < -0.3 is 4.74 Å². The van der Waals surface area contributed by atoms with Gasteiger partial charge in [0.15, 0.2) is 0 Å². The molecule has 0 unspecified atom stereocenters. The molecular weight excluding hydrogens is 319 g/mol. The van der Waals surface area contributed by atoms with Crippen LogP contribution in [0.1, 0.15) is 21.6 Å². The minimum Gasteiger partial charge on any atom is -0.469 e. The number of carbonyl (C=O) groups is 2. The zero-order chi connectivity index (χ0) is 16.3. The number of hydrogen-bond acceptors (Lipinski definition) is 5. The largest absolute Gasteiger partial charge is 0.469 e. The van der Waals surface area contributed by atoms with Crippen LogP contribution in [-0.2, 0) is 22.1 Å². The van der Waals surface area contributed by atoms with Crippen LogP contribution in [-0.4, -0.2) is 24.3 Å². The zero-order valence-electron chi connectivity index (χ0n) is 11.3. The van der Waals surface area contributed by atoms with Gasteiger partial charge in [0.1, 0.15) is 11.3 Å². The predicted molar refractivity (Wildman–Crippen MR) is 73.7 cm³/mol. The Labute approximate surface area is 127 Å². The molecule has 2 rings (SSSR count). The summed E-state index contributed by atoms with van der Waals surface area (Å²) >= 11 is 1.09. The molecule has 0 aliphatic heterocycles. The molecular formula is C14H10F3NO3S. The lowest BCUT2D eigenvalue weighted by Crippen LogP contribution is -2.06. The number of nitrogens with zero attached hydrogens (tertiary/aromatic N) is 1. The number of hydrogen-bond donors (Lipinski definition) is 0. The lowest BCUT2D eigenvalue weighted by atomic mass is 10.1. The average Bonchev–Trinajstić information content (AvgIpc) is 2.94. The number of alkyl halides is 3. The van der Waals surface area contributed by atoms with Gasteiger partial charge in [-0.25, -0.2) is 4.98 Å². The normalized spacial score (nSPS) is 11.3. The maximum absolute atomic E-state index is 12.8. The molecule has 0 saturated carbocycles. The molecule has 0 aliphatic rings. The van der Waals surface area contributed by atoms with Crippen molar-refractivity contribution in [2.75, 3.05) is 7.11 Å². The first kappa shape index (κ1) is 16.2. The van der Waals surface area contributed by atoms with Crippen LogP contribution in [0.2, 0.25) is 0 Å². The van der Waals surface area contributed by atoms with Gasteiger partial charge in [0.25, 0.3) is 0 Å². The molecule has 0 aliphatic carbocycles. The Kier molecular flexibility index (Phi) is 4.60. The maximum atomic E-state index is 12.8. The third kappa shape index (κ3) is 3.70. The molecule has 8 heteroatoms. The van der Waals surface area contributed by atoms with E-state index >= 15 is 0 Å². The number of thiazole rings is 1. The molecule has 4 nitrogen and oxygen atoms in total. The summed E-state index contributed by atoms with van der Waals surface area (Å²) in [5, 5.41) is 1.86. The highest BCUT2D eigenvalue weighted by atomic mass is 32.1. The Morgan fingerprint density at radius 2 is 2.09 bits per heavy atom. The second-order valence-corrected chi connectivity index (χ2v) is 5.21. The molecule has 0 N–H and O–H groups in total. The van der Waals surface area contributed by atoms with Crippen molar-refractivity contribution in [3.8, 4) is 10.6 Å². The van der Waals surface area contributed by atoms with Crippen LogP contribution in [0.4, 0.5) is 13.2 Å². The Morgan fingerprint density at radius 1 is 1.36 bits per heavy atom. The SMILES string of the molecule is COC(=O)Cc1csc(-c2cc(C=O)cc(C(F)(F)F)c2)n1. The van der Waals surface area contributed by atoms with Crippen LogP contribution < -0.4 is 0 Å². The van der Waals surface area contributed by atoms with Crippen LogP contribution in [0.15, 0.2) is 23.6 Å². The average molecular weight is 329 g/mol. The first-order valence-corrected chi connectivity index (χ1v) is 6.90. The highest BCUT2D eigenvalue weighted by molar-refractivity contribution is 7.13. The molecule has 1 heterocycles. The summed E-state index contributed by atoms with van der Waals surface area (Å²) < 4.78 is 43.0. The van der Waals surface area contributed by atoms with E-state index in [9.17, 15) is 22.8 Å². The second kappa shape index (κ2) is 6.27. The van der Waals surface area contributed by atoms with Gasteiger partial charge in [-0.1, -0.05) is 0 Å². The maximum Gasteiger partial charge on any atom is 0.416 e. The number of aromatic nitrogens is 1. The van der Waals surface area contributed by atoms with E-state index in [4.69, 9.17) is 0 Å². The number of carbonyl (C=O) groups excluding carboxylic acids is 2. The van der Waals surface area contributed by atoms with Gasteiger partial charge in [0.05, 0.1) is 24.8 Å². The monoisotopic (exact) mass is 329 g/mol. The van der Waals surface area contributed by atoms with Crippen molar-refractivity contribution >= 4 is 23.6 Å². The van der Waals surface area contributed by atoms with E-state index in [-0.39, 0.29) is 17.5 Å². The summed E-state index contributed by atoms with van der Waals surface area (Å²) in [6, 6.07) is 3.02. The number of methoxy groups -OCH3 is 1. The van der Waals surface area contributed by atoms with Gasteiger partial charge >= 0.3 is 12.1 Å². The van der Waals surface area contributed by atoms with E-state index in [1.165, 1.54) is 13.2 Å². The number of esters is 1. The van der Waals surface area contributed by atoms with E-state index in [0.717, 1.165) is 23.5 Å². The number of ether oxygens (including phenoxy) is 1. The van der Waals surface area contributed by atoms with Crippen molar-refractivity contribution < 1.29 is 27.5 Å². The van der Waals surface area contributed by atoms with Crippen LogP contribution in [0.3, 0.4) is 0 Å². The van der Waals surface area contributed by atoms with Crippen molar-refractivity contribution in [2.45, 2.75) is 12.6 Å². The van der Waals surface area contributed by atoms with Crippen LogP contribution in [0.5, 0.6) is 0 Å². The predicted octanol–water partition coefficient (Wildman–Crippen LogP) is 3.36. The summed E-state index contributed by atoms with van der Waals surface area (Å²) in [4.78, 5) is 26.1. The van der Waals surface area contributed by atoms with E-state index < -0.39 is 17.7 Å². The molecule has 22 heavy (non-hydrogen) atoms. The summed E-state index contributed by atoms with van der Waals surface area (Å²) in [6.45, 7) is 0. The fourth-order valence-electron chi connectivity index (χ4n) is 1.75. The molecule has 1 aromatic carbocycles. The standard InChI is InChI=1S/C14H10F3NO3S/c1-21-12(20)5-11-7-22-13(18-11)9-2-8(6-19)3-10(4-9)14(15,16)17/h2-4,6-7H,5H2,1H3. The molecule has 0 radical (unpaired) electrons. The minimum absolute atomic E-state index is 0.0630. The second-order valence-electron chi connectivity index (χ2n) is 4.36. The molecule has 0 spiro atoms. The van der Waals surface area contributed by atoms with Gasteiger partial charge in [0.2, 0.25) is 0 Å². The number of benzene rings is 1. The van der Waals surface area contributed by atoms with E-state index in [2.05, 4.69) is 9.72 Å². The molecule has 116 valence electrons. The molecule has 2 aromatic rings. The highest BCUT2D eigenvalue weighted by Gasteiger charge is 2.31. The van der Waals surface area contributed by atoms with Crippen molar-refractivity contribution in [1.82, 2.24) is 4.98 Å². The van der Waals surface area contributed by atoms with Gasteiger partial charge in [-0.05, 0) is 18.2 Å². The van der Waals surface area contributed by atoms with Gasteiger partial charge in [-0.3, -0.25) is 9.59 Å². The van der Waals surface area contributed by atoms with Crippen LogP contribution in [0, 0.1) is 0 Å². The quantitative estimate of drug-likeness (QED) is 0.637. The Balaban J connectivity index is 2.40. The van der Waals surface area contributed by atoms with Crippen LogP contribution >= 0.6 is 11.3 Å². The van der Waals surface area contributed by atoms with Gasteiger partial charge in [-0.15, -0.1) is 11.3 Å². The molecule has 0 bridgehead atoms. The number of rotatable bonds is 4. The van der Waals surface area contributed by atoms with Crippen molar-refractivity contribution in [3.05, 3.63) is 40.4 Å². The first-order valence-electron chi connectivity index (χ1n) is 6.02. The lowest BCUT2D eigenvalue weighted by Gasteiger charge is -2.08. The number of aldehydes is 1. The topological polar surface area (TPSA) is 56.3 Å². The van der Waals surface area contributed by atoms with Crippen molar-refractivity contribution in [2.24, 2.45) is 0 Å². The van der Waals surface area contributed by atoms with Crippen LogP contribution in [0.25, 0.3) is 10.6 Å². The smallest absolute Gasteiger partial charge is 0.416 e. The molecule has 0 saturated heterocycles. The fourth-order valence-corrected chi connectivity index (χ4v) is 2.56. The summed E-state index contributed by atoms with van der Waals surface area (Å²) in [6.07, 6.45) is -4.27. The lowest BCUT2D eigenvalue weighted by molar-refractivity contribution is -0.140.